The number of aromatic amines is 2. The zero-order valence-corrected chi connectivity index (χ0v) is 13.1. The second-order valence-corrected chi connectivity index (χ2v) is 6.09. The van der Waals surface area contributed by atoms with Gasteiger partial charge in [0.15, 0.2) is 0 Å². The van der Waals surface area contributed by atoms with Crippen molar-refractivity contribution in [1.29, 1.82) is 0 Å². The van der Waals surface area contributed by atoms with E-state index in [-0.39, 0.29) is 0 Å². The molecular formula is C22H16N2. The molecule has 0 atom stereocenters. The van der Waals surface area contributed by atoms with Gasteiger partial charge in [-0.2, -0.15) is 0 Å². The van der Waals surface area contributed by atoms with Crippen molar-refractivity contribution < 1.29 is 0 Å². The monoisotopic (exact) mass is 308 g/mol. The fourth-order valence-electron chi connectivity index (χ4n) is 3.34. The van der Waals surface area contributed by atoms with Gasteiger partial charge in [-0.25, -0.2) is 0 Å². The van der Waals surface area contributed by atoms with Crippen LogP contribution in [0.2, 0.25) is 0 Å². The van der Waals surface area contributed by atoms with Gasteiger partial charge in [0.1, 0.15) is 0 Å². The van der Waals surface area contributed by atoms with Crippen LogP contribution in [0.3, 0.4) is 0 Å². The van der Waals surface area contributed by atoms with E-state index in [1.54, 1.807) is 0 Å². The van der Waals surface area contributed by atoms with E-state index in [2.05, 4.69) is 82.8 Å². The van der Waals surface area contributed by atoms with E-state index < -0.39 is 0 Å². The predicted molar refractivity (Wildman–Crippen MR) is 101 cm³/mol. The van der Waals surface area contributed by atoms with E-state index in [1.807, 2.05) is 12.1 Å². The van der Waals surface area contributed by atoms with Gasteiger partial charge in [0.2, 0.25) is 0 Å². The van der Waals surface area contributed by atoms with Gasteiger partial charge in [-0.05, 0) is 23.3 Å². The van der Waals surface area contributed by atoms with Crippen LogP contribution in [0.4, 0.5) is 0 Å². The Bertz CT molecular complexity index is 1040. The summed E-state index contributed by atoms with van der Waals surface area (Å²) in [5, 5.41) is 2.45. The summed E-state index contributed by atoms with van der Waals surface area (Å²) in [5.74, 6) is 0. The van der Waals surface area contributed by atoms with Gasteiger partial charge in [0, 0.05) is 22.2 Å². The van der Waals surface area contributed by atoms with Crippen molar-refractivity contribution in [3.05, 3.63) is 84.9 Å². The van der Waals surface area contributed by atoms with Gasteiger partial charge in [-0.15, -0.1) is 0 Å². The van der Waals surface area contributed by atoms with Crippen LogP contribution < -0.4 is 0 Å². The van der Waals surface area contributed by atoms with Crippen molar-refractivity contribution in [2.45, 2.75) is 0 Å². The Labute approximate surface area is 139 Å². The molecule has 3 aromatic carbocycles. The van der Waals surface area contributed by atoms with E-state index in [1.165, 1.54) is 21.9 Å². The topological polar surface area (TPSA) is 31.6 Å². The molecule has 0 fully saturated rings. The van der Waals surface area contributed by atoms with Crippen LogP contribution in [0, 0.1) is 0 Å². The number of aromatic nitrogens is 2. The molecule has 2 N–H and O–H groups in total. The van der Waals surface area contributed by atoms with E-state index in [0.717, 1.165) is 22.4 Å². The minimum atomic E-state index is 1.15. The van der Waals surface area contributed by atoms with Gasteiger partial charge in [-0.3, -0.25) is 0 Å². The number of rotatable bonds is 2. The molecule has 0 aliphatic rings. The van der Waals surface area contributed by atoms with Crippen LogP contribution in [0.1, 0.15) is 0 Å². The summed E-state index contributed by atoms with van der Waals surface area (Å²) in [6, 6.07) is 29.7. The van der Waals surface area contributed by atoms with Crippen molar-refractivity contribution >= 4 is 21.8 Å². The highest BCUT2D eigenvalue weighted by Crippen LogP contribution is 2.32. The summed E-state index contributed by atoms with van der Waals surface area (Å²) in [6.45, 7) is 0. The molecular weight excluding hydrogens is 292 g/mol. The Hall–Kier alpha value is -3.26. The van der Waals surface area contributed by atoms with Gasteiger partial charge in [0.05, 0.1) is 11.0 Å². The third kappa shape index (κ3) is 2.04. The van der Waals surface area contributed by atoms with E-state index in [0.29, 0.717) is 0 Å². The highest BCUT2D eigenvalue weighted by molar-refractivity contribution is 6.06. The molecule has 5 aromatic rings. The van der Waals surface area contributed by atoms with Crippen LogP contribution in [0.15, 0.2) is 84.9 Å². The van der Waals surface area contributed by atoms with Crippen molar-refractivity contribution in [3.8, 4) is 22.5 Å². The molecule has 2 nitrogen and oxygen atoms in total. The third-order valence-corrected chi connectivity index (χ3v) is 4.56. The lowest BCUT2D eigenvalue weighted by molar-refractivity contribution is 1.42. The smallest absolute Gasteiger partial charge is 0.0704 e. The Morgan fingerprint density at radius 1 is 0.458 bits per heavy atom. The second-order valence-electron chi connectivity index (χ2n) is 6.09. The summed E-state index contributed by atoms with van der Waals surface area (Å²) >= 11 is 0. The fourth-order valence-corrected chi connectivity index (χ4v) is 3.34. The lowest BCUT2D eigenvalue weighted by atomic mass is 10.1. The zero-order chi connectivity index (χ0) is 15.9. The molecule has 24 heavy (non-hydrogen) atoms. The normalized spacial score (nSPS) is 11.3. The Kier molecular flexibility index (Phi) is 2.83. The molecule has 0 aliphatic carbocycles. The summed E-state index contributed by atoms with van der Waals surface area (Å²) in [7, 11) is 0. The maximum absolute atomic E-state index is 3.59. The van der Waals surface area contributed by atoms with E-state index in [4.69, 9.17) is 0 Å². The standard InChI is InChI=1S/C22H16N2/c1-3-7-15(8-4-1)19-13-17-11-12-18-14-20(16-9-5-2-6-10-16)24-22(18)21(17)23-19/h1-14,23-24H. The molecule has 0 saturated heterocycles. The SMILES string of the molecule is c1ccc(-c2cc3ccc4cc(-c5ccccc5)[nH]c4c3[nH]2)cc1. The molecule has 0 amide bonds. The maximum Gasteiger partial charge on any atom is 0.0704 e. The highest BCUT2D eigenvalue weighted by Gasteiger charge is 2.10. The summed E-state index contributed by atoms with van der Waals surface area (Å²) < 4.78 is 0. The van der Waals surface area contributed by atoms with Crippen molar-refractivity contribution in [3.63, 3.8) is 0 Å². The first-order valence-corrected chi connectivity index (χ1v) is 8.14. The van der Waals surface area contributed by atoms with Gasteiger partial charge >= 0.3 is 0 Å². The van der Waals surface area contributed by atoms with Crippen LogP contribution >= 0.6 is 0 Å². The number of fused-ring (bicyclic) bond motifs is 3. The molecule has 2 aromatic heterocycles. The molecule has 5 rings (SSSR count). The molecule has 2 heteroatoms. The highest BCUT2D eigenvalue weighted by atomic mass is 14.8. The van der Waals surface area contributed by atoms with E-state index >= 15 is 0 Å². The van der Waals surface area contributed by atoms with Crippen LogP contribution in [0.5, 0.6) is 0 Å². The lowest BCUT2D eigenvalue weighted by Gasteiger charge is -1.97. The fraction of sp³-hybridized carbons (Fsp3) is 0. The maximum atomic E-state index is 3.59. The van der Waals surface area contributed by atoms with Gasteiger partial charge in [-0.1, -0.05) is 72.8 Å². The molecule has 0 spiro atoms. The largest absolute Gasteiger partial charge is 0.353 e. The molecule has 0 saturated carbocycles. The minimum absolute atomic E-state index is 1.15. The summed E-state index contributed by atoms with van der Waals surface area (Å²) in [4.78, 5) is 7.18. The first-order valence-electron chi connectivity index (χ1n) is 8.14. The first-order chi connectivity index (χ1) is 11.9. The van der Waals surface area contributed by atoms with Crippen molar-refractivity contribution in [2.75, 3.05) is 0 Å². The Morgan fingerprint density at radius 3 is 1.29 bits per heavy atom. The van der Waals surface area contributed by atoms with E-state index in [9.17, 15) is 0 Å². The van der Waals surface area contributed by atoms with Gasteiger partial charge < -0.3 is 9.97 Å². The number of hydrogen-bond donors (Lipinski definition) is 2. The lowest BCUT2D eigenvalue weighted by Crippen LogP contribution is -1.77. The average Bonchev–Trinajstić information content (AvgIpc) is 3.27. The summed E-state index contributed by atoms with van der Waals surface area (Å²) in [5.41, 5.74) is 7.03. The minimum Gasteiger partial charge on any atom is -0.353 e. The second kappa shape index (κ2) is 5.14. The van der Waals surface area contributed by atoms with Gasteiger partial charge in [0.25, 0.3) is 0 Å². The molecule has 0 unspecified atom stereocenters. The molecule has 2 heterocycles. The zero-order valence-electron chi connectivity index (χ0n) is 13.1. The Morgan fingerprint density at radius 2 is 0.875 bits per heavy atom. The third-order valence-electron chi connectivity index (χ3n) is 4.56. The number of nitrogens with one attached hydrogen (secondary N) is 2. The summed E-state index contributed by atoms with van der Waals surface area (Å²) in [6.07, 6.45) is 0. The molecule has 0 bridgehead atoms. The molecule has 0 aliphatic heterocycles. The Balaban J connectivity index is 1.72. The average molecular weight is 308 g/mol. The number of benzene rings is 3. The number of hydrogen-bond acceptors (Lipinski definition) is 0. The first kappa shape index (κ1) is 13.2. The molecule has 0 radical (unpaired) electrons. The molecule has 114 valence electrons. The van der Waals surface area contributed by atoms with Crippen LogP contribution in [0.25, 0.3) is 44.3 Å². The number of H-pyrrole nitrogens is 2. The van der Waals surface area contributed by atoms with Crippen molar-refractivity contribution in [2.24, 2.45) is 0 Å². The van der Waals surface area contributed by atoms with Crippen molar-refractivity contribution in [1.82, 2.24) is 9.97 Å². The van der Waals surface area contributed by atoms with Crippen LogP contribution in [-0.4, -0.2) is 9.97 Å². The van der Waals surface area contributed by atoms with Crippen LogP contribution in [-0.2, 0) is 0 Å². The quantitative estimate of drug-likeness (QED) is 0.402. The predicted octanol–water partition coefficient (Wildman–Crippen LogP) is 5.98.